The number of aliphatic hydroxyl groups is 1. The maximum atomic E-state index is 10.9. The van der Waals surface area contributed by atoms with E-state index in [1.54, 1.807) is 0 Å². The highest BCUT2D eigenvalue weighted by Crippen LogP contribution is 2.46. The summed E-state index contributed by atoms with van der Waals surface area (Å²) in [6.07, 6.45) is 10.2. The van der Waals surface area contributed by atoms with Crippen LogP contribution in [-0.2, 0) is 12.1 Å². The maximum Gasteiger partial charge on any atom is 0.0927 e. The molecule has 3 heteroatoms. The van der Waals surface area contributed by atoms with Gasteiger partial charge in [-0.25, -0.2) is 0 Å². The van der Waals surface area contributed by atoms with Gasteiger partial charge in [0.1, 0.15) is 0 Å². The highest BCUT2D eigenvalue weighted by molar-refractivity contribution is 5.16. The lowest BCUT2D eigenvalue weighted by atomic mass is 9.65. The van der Waals surface area contributed by atoms with Crippen LogP contribution in [0.2, 0.25) is 0 Å². The van der Waals surface area contributed by atoms with Crippen LogP contribution in [-0.4, -0.2) is 14.9 Å². The van der Waals surface area contributed by atoms with Gasteiger partial charge in [0.25, 0.3) is 0 Å². The van der Waals surface area contributed by atoms with Crippen molar-refractivity contribution < 1.29 is 5.11 Å². The number of aromatic nitrogens is 2. The molecule has 1 aliphatic carbocycles. The Morgan fingerprint density at radius 3 is 2.55 bits per heavy atom. The predicted octanol–water partition coefficient (Wildman–Crippen LogP) is 4.11. The monoisotopic (exact) mass is 278 g/mol. The number of rotatable bonds is 5. The van der Waals surface area contributed by atoms with Gasteiger partial charge < -0.3 is 5.11 Å². The summed E-state index contributed by atoms with van der Waals surface area (Å²) in [5.41, 5.74) is 0.763. The number of hydrogen-bond acceptors (Lipinski definition) is 2. The van der Waals surface area contributed by atoms with Crippen molar-refractivity contribution in [3.05, 3.63) is 18.0 Å². The Morgan fingerprint density at radius 2 is 2.00 bits per heavy atom. The van der Waals surface area contributed by atoms with E-state index < -0.39 is 5.60 Å². The van der Waals surface area contributed by atoms with Gasteiger partial charge in [0.15, 0.2) is 0 Å². The van der Waals surface area contributed by atoms with Crippen LogP contribution in [0.4, 0.5) is 0 Å². The molecule has 20 heavy (non-hydrogen) atoms. The van der Waals surface area contributed by atoms with E-state index in [0.717, 1.165) is 50.1 Å². The topological polar surface area (TPSA) is 38.0 Å². The molecule has 1 aromatic heterocycles. The minimum Gasteiger partial charge on any atom is -0.385 e. The molecule has 114 valence electrons. The van der Waals surface area contributed by atoms with Gasteiger partial charge in [-0.2, -0.15) is 5.10 Å². The van der Waals surface area contributed by atoms with E-state index in [0.29, 0.717) is 5.41 Å². The van der Waals surface area contributed by atoms with Crippen LogP contribution in [0.5, 0.6) is 0 Å². The first-order valence-electron chi connectivity index (χ1n) is 8.16. The van der Waals surface area contributed by atoms with E-state index in [9.17, 15) is 5.11 Å². The summed E-state index contributed by atoms with van der Waals surface area (Å²) in [6, 6.07) is 0. The Morgan fingerprint density at radius 1 is 1.35 bits per heavy atom. The van der Waals surface area contributed by atoms with Gasteiger partial charge in [0.2, 0.25) is 0 Å². The third-order valence-corrected chi connectivity index (χ3v) is 5.45. The summed E-state index contributed by atoms with van der Waals surface area (Å²) >= 11 is 0. The fraction of sp³-hybridized carbons (Fsp3) is 0.824. The Balaban J connectivity index is 2.03. The zero-order chi connectivity index (χ0) is 14.8. The summed E-state index contributed by atoms with van der Waals surface area (Å²) < 4.78 is 1.95. The number of nitrogens with zero attached hydrogens (tertiary/aromatic N) is 2. The van der Waals surface area contributed by atoms with Gasteiger partial charge in [-0.05, 0) is 43.4 Å². The Labute approximate surface area is 123 Å². The molecule has 1 aromatic rings. The second-order valence-corrected chi connectivity index (χ2v) is 7.14. The lowest BCUT2D eigenvalue weighted by Gasteiger charge is -2.42. The van der Waals surface area contributed by atoms with E-state index in [2.05, 4.69) is 32.8 Å². The molecule has 0 atom stereocenters. The molecule has 0 aromatic carbocycles. The molecule has 0 spiro atoms. The minimum absolute atomic E-state index is 0.397. The van der Waals surface area contributed by atoms with E-state index >= 15 is 0 Å². The highest BCUT2D eigenvalue weighted by Gasteiger charge is 2.39. The van der Waals surface area contributed by atoms with Crippen LogP contribution >= 0.6 is 0 Å². The number of hydrogen-bond donors (Lipinski definition) is 1. The molecule has 0 radical (unpaired) electrons. The standard InChI is InChI=1S/C17H30N2O/c1-5-11-19-13-15(12-18-19)17(20)9-7-14(8-10-17)16(3,4)6-2/h12-14,20H,5-11H2,1-4H3. The van der Waals surface area contributed by atoms with Gasteiger partial charge in [-0.3, -0.25) is 4.68 Å². The molecule has 0 saturated heterocycles. The summed E-state index contributed by atoms with van der Waals surface area (Å²) in [5.74, 6) is 0.735. The lowest BCUT2D eigenvalue weighted by molar-refractivity contribution is -0.0328. The van der Waals surface area contributed by atoms with Crippen LogP contribution in [0, 0.1) is 11.3 Å². The van der Waals surface area contributed by atoms with Crippen molar-refractivity contribution in [3.8, 4) is 0 Å². The molecular weight excluding hydrogens is 248 g/mol. The third kappa shape index (κ3) is 3.08. The molecule has 3 nitrogen and oxygen atoms in total. The normalized spacial score (nSPS) is 27.8. The van der Waals surface area contributed by atoms with Crippen LogP contribution in [0.3, 0.4) is 0 Å². The summed E-state index contributed by atoms with van der Waals surface area (Å²) in [4.78, 5) is 0. The first-order valence-corrected chi connectivity index (χ1v) is 8.16. The molecule has 0 unspecified atom stereocenters. The Bertz CT molecular complexity index is 428. The molecule has 1 heterocycles. The smallest absolute Gasteiger partial charge is 0.0927 e. The molecule has 2 rings (SSSR count). The lowest BCUT2D eigenvalue weighted by Crippen LogP contribution is -2.36. The largest absolute Gasteiger partial charge is 0.385 e. The molecular formula is C17H30N2O. The predicted molar refractivity (Wildman–Crippen MR) is 82.4 cm³/mol. The SMILES string of the molecule is CCCn1cc(C2(O)CCC(C(C)(C)CC)CC2)cn1. The third-order valence-electron chi connectivity index (χ3n) is 5.45. The molecule has 1 saturated carbocycles. The summed E-state index contributed by atoms with van der Waals surface area (Å²) in [5, 5.41) is 15.3. The van der Waals surface area contributed by atoms with Crippen LogP contribution < -0.4 is 0 Å². The molecule has 0 aliphatic heterocycles. The van der Waals surface area contributed by atoms with Gasteiger partial charge in [-0.15, -0.1) is 0 Å². The van der Waals surface area contributed by atoms with Crippen molar-refractivity contribution in [2.24, 2.45) is 11.3 Å². The molecule has 0 amide bonds. The molecule has 1 N–H and O–H groups in total. The quantitative estimate of drug-likeness (QED) is 0.880. The van der Waals surface area contributed by atoms with E-state index in [1.165, 1.54) is 6.42 Å². The Kier molecular flexibility index (Phi) is 4.58. The average Bonchev–Trinajstić information content (AvgIpc) is 2.89. The fourth-order valence-electron chi connectivity index (χ4n) is 3.41. The first-order chi connectivity index (χ1) is 9.41. The fourth-order valence-corrected chi connectivity index (χ4v) is 3.41. The van der Waals surface area contributed by atoms with Gasteiger partial charge in [-0.1, -0.05) is 34.1 Å². The van der Waals surface area contributed by atoms with Crippen molar-refractivity contribution >= 4 is 0 Å². The summed E-state index contributed by atoms with van der Waals surface area (Å²) in [6.45, 7) is 10.1. The average molecular weight is 278 g/mol. The maximum absolute atomic E-state index is 10.9. The van der Waals surface area contributed by atoms with Gasteiger partial charge in [0, 0.05) is 18.3 Å². The van der Waals surface area contributed by atoms with Crippen molar-refractivity contribution in [2.75, 3.05) is 0 Å². The molecule has 1 aliphatic rings. The Hall–Kier alpha value is -0.830. The highest BCUT2D eigenvalue weighted by atomic mass is 16.3. The molecule has 0 bridgehead atoms. The van der Waals surface area contributed by atoms with Crippen molar-refractivity contribution in [3.63, 3.8) is 0 Å². The van der Waals surface area contributed by atoms with Gasteiger partial charge in [0.05, 0.1) is 11.8 Å². The molecule has 1 fully saturated rings. The summed E-state index contributed by atoms with van der Waals surface area (Å²) in [7, 11) is 0. The minimum atomic E-state index is -0.647. The van der Waals surface area contributed by atoms with E-state index in [-0.39, 0.29) is 0 Å². The first kappa shape index (κ1) is 15.6. The van der Waals surface area contributed by atoms with E-state index in [1.807, 2.05) is 17.1 Å². The number of aryl methyl sites for hydroxylation is 1. The van der Waals surface area contributed by atoms with E-state index in [4.69, 9.17) is 0 Å². The zero-order valence-electron chi connectivity index (χ0n) is 13.5. The van der Waals surface area contributed by atoms with Gasteiger partial charge >= 0.3 is 0 Å². The van der Waals surface area contributed by atoms with Crippen LogP contribution in [0.15, 0.2) is 12.4 Å². The van der Waals surface area contributed by atoms with Crippen LogP contribution in [0.1, 0.15) is 71.8 Å². The van der Waals surface area contributed by atoms with Crippen LogP contribution in [0.25, 0.3) is 0 Å². The van der Waals surface area contributed by atoms with Crippen molar-refractivity contribution in [1.82, 2.24) is 9.78 Å². The van der Waals surface area contributed by atoms with Crippen molar-refractivity contribution in [2.45, 2.75) is 78.4 Å². The second-order valence-electron chi connectivity index (χ2n) is 7.14. The van der Waals surface area contributed by atoms with Crippen molar-refractivity contribution in [1.29, 1.82) is 0 Å². The second kappa shape index (κ2) is 5.88. The zero-order valence-corrected chi connectivity index (χ0v) is 13.5.